The number of hydrogen-bond acceptors (Lipinski definition) is 6. The first kappa shape index (κ1) is 19.4. The fraction of sp³-hybridized carbons (Fsp3) is 0.800. The van der Waals surface area contributed by atoms with Crippen LogP contribution in [0.2, 0.25) is 0 Å². The highest BCUT2D eigenvalue weighted by molar-refractivity contribution is 6.36. The van der Waals surface area contributed by atoms with Gasteiger partial charge in [0.05, 0.1) is 11.0 Å². The van der Waals surface area contributed by atoms with Gasteiger partial charge in [-0.1, -0.05) is 27.7 Å². The first-order valence-electron chi connectivity index (χ1n) is 9.25. The van der Waals surface area contributed by atoms with Crippen LogP contribution in [0.3, 0.4) is 0 Å². The molecule has 3 fully saturated rings. The molecule has 6 nitrogen and oxygen atoms in total. The molecule has 6 heteroatoms. The van der Waals surface area contributed by atoms with Crippen molar-refractivity contribution in [1.82, 2.24) is 0 Å². The summed E-state index contributed by atoms with van der Waals surface area (Å²) in [7, 11) is 0. The lowest BCUT2D eigenvalue weighted by molar-refractivity contribution is -0.157. The summed E-state index contributed by atoms with van der Waals surface area (Å²) in [5, 5.41) is 21.9. The zero-order valence-corrected chi connectivity index (χ0v) is 16.3. The maximum Gasteiger partial charge on any atom is 0.195 e. The molecule has 0 heterocycles. The Morgan fingerprint density at radius 3 is 2.15 bits per heavy atom. The molecule has 0 amide bonds. The van der Waals surface area contributed by atoms with Crippen molar-refractivity contribution in [1.29, 1.82) is 0 Å². The molecule has 0 saturated heterocycles. The van der Waals surface area contributed by atoms with Crippen LogP contribution in [0, 0.1) is 34.5 Å². The summed E-state index contributed by atoms with van der Waals surface area (Å²) in [6, 6.07) is 0. The molecule has 5 unspecified atom stereocenters. The molecule has 3 rings (SSSR count). The smallest absolute Gasteiger partial charge is 0.195 e. The van der Waals surface area contributed by atoms with E-state index in [9.17, 15) is 29.4 Å². The van der Waals surface area contributed by atoms with Crippen LogP contribution in [0.4, 0.5) is 0 Å². The van der Waals surface area contributed by atoms with Gasteiger partial charge in [0.1, 0.15) is 5.92 Å². The van der Waals surface area contributed by atoms with Crippen molar-refractivity contribution in [2.24, 2.45) is 34.5 Å². The molecule has 0 aliphatic heterocycles. The summed E-state index contributed by atoms with van der Waals surface area (Å²) in [4.78, 5) is 51.7. The van der Waals surface area contributed by atoms with Crippen LogP contribution in [0.1, 0.15) is 54.4 Å². The first-order valence-corrected chi connectivity index (χ1v) is 9.25. The van der Waals surface area contributed by atoms with Gasteiger partial charge in [0, 0.05) is 12.3 Å². The van der Waals surface area contributed by atoms with E-state index in [0.29, 0.717) is 0 Å². The maximum absolute atomic E-state index is 13.4. The molecule has 26 heavy (non-hydrogen) atoms. The molecule has 144 valence electrons. The summed E-state index contributed by atoms with van der Waals surface area (Å²) in [6.07, 6.45) is -0.0565. The van der Waals surface area contributed by atoms with Crippen molar-refractivity contribution in [3.05, 3.63) is 0 Å². The number of carbonyl (C=O) groups excluding carboxylic acids is 4. The SMILES string of the molecule is CC(C)C(=O)C1C(=O)C2(O)C(=O)CC3C(C)(C)C(C(C)(C)O)CC32C1=O. The molecule has 2 N–H and O–H groups in total. The second kappa shape index (κ2) is 5.10. The topological polar surface area (TPSA) is 109 Å². The molecule has 3 aliphatic rings. The fourth-order valence-electron chi connectivity index (χ4n) is 6.17. The van der Waals surface area contributed by atoms with Gasteiger partial charge < -0.3 is 10.2 Å². The number of rotatable bonds is 3. The zero-order chi connectivity index (χ0) is 20.0. The normalized spacial score (nSPS) is 41.7. The fourth-order valence-corrected chi connectivity index (χ4v) is 6.17. The molecule has 5 atom stereocenters. The molecule has 0 aromatic rings. The number of ketones is 4. The van der Waals surface area contributed by atoms with Gasteiger partial charge in [0.2, 0.25) is 0 Å². The summed E-state index contributed by atoms with van der Waals surface area (Å²) in [6.45, 7) is 10.2. The first-order chi connectivity index (χ1) is 11.6. The number of carbonyl (C=O) groups is 4. The third-order valence-corrected chi connectivity index (χ3v) is 7.38. The maximum atomic E-state index is 13.4. The van der Waals surface area contributed by atoms with Gasteiger partial charge in [-0.15, -0.1) is 0 Å². The van der Waals surface area contributed by atoms with Gasteiger partial charge in [-0.2, -0.15) is 0 Å². The molecule has 0 aromatic heterocycles. The number of aliphatic hydroxyl groups is 2. The number of Topliss-reactive ketones (excluding diaryl/α,β-unsaturated/α-hetero) is 4. The van der Waals surface area contributed by atoms with Crippen LogP contribution in [-0.4, -0.2) is 44.5 Å². The van der Waals surface area contributed by atoms with Crippen LogP contribution < -0.4 is 0 Å². The average Bonchev–Trinajstić information content (AvgIpc) is 2.94. The van der Waals surface area contributed by atoms with Crippen LogP contribution in [-0.2, 0) is 19.2 Å². The molecular weight excluding hydrogens is 336 g/mol. The summed E-state index contributed by atoms with van der Waals surface area (Å²) >= 11 is 0. The van der Waals surface area contributed by atoms with Crippen LogP contribution in [0.5, 0.6) is 0 Å². The molecule has 0 radical (unpaired) electrons. The minimum atomic E-state index is -2.44. The van der Waals surface area contributed by atoms with Gasteiger partial charge >= 0.3 is 0 Å². The molecule has 0 bridgehead atoms. The Balaban J connectivity index is 2.23. The quantitative estimate of drug-likeness (QED) is 0.726. The lowest BCUT2D eigenvalue weighted by Gasteiger charge is -2.39. The highest BCUT2D eigenvalue weighted by Gasteiger charge is 2.84. The summed E-state index contributed by atoms with van der Waals surface area (Å²) in [5.74, 6) is -5.91. The highest BCUT2D eigenvalue weighted by Crippen LogP contribution is 2.72. The van der Waals surface area contributed by atoms with Crippen LogP contribution in [0.15, 0.2) is 0 Å². The van der Waals surface area contributed by atoms with Crippen molar-refractivity contribution in [3.8, 4) is 0 Å². The predicted molar refractivity (Wildman–Crippen MR) is 92.0 cm³/mol. The van der Waals surface area contributed by atoms with E-state index in [4.69, 9.17) is 0 Å². The van der Waals surface area contributed by atoms with Crippen molar-refractivity contribution in [2.45, 2.75) is 65.6 Å². The van der Waals surface area contributed by atoms with Crippen molar-refractivity contribution in [3.63, 3.8) is 0 Å². The second-order valence-corrected chi connectivity index (χ2v) is 9.81. The summed E-state index contributed by atoms with van der Waals surface area (Å²) in [5.41, 5.74) is -5.86. The van der Waals surface area contributed by atoms with Gasteiger partial charge in [0.25, 0.3) is 0 Å². The van der Waals surface area contributed by atoms with Gasteiger partial charge in [-0.3, -0.25) is 19.2 Å². The Hall–Kier alpha value is -1.40. The predicted octanol–water partition coefficient (Wildman–Crippen LogP) is 1.10. The van der Waals surface area contributed by atoms with E-state index in [2.05, 4.69) is 0 Å². The van der Waals surface area contributed by atoms with Gasteiger partial charge in [-0.25, -0.2) is 0 Å². The zero-order valence-electron chi connectivity index (χ0n) is 16.3. The van der Waals surface area contributed by atoms with E-state index in [1.54, 1.807) is 27.7 Å². The Morgan fingerprint density at radius 2 is 1.69 bits per heavy atom. The minimum Gasteiger partial charge on any atom is -0.390 e. The standard InChI is InChI=1S/C20H28O6/c1-9(2)14(22)13-15(23)19-8-11(18(5,6)25)17(3,4)10(19)7-12(21)20(19,26)16(13)24/h9-11,13,25-26H,7-8H2,1-6H3. The molecule has 1 spiro atoms. The second-order valence-electron chi connectivity index (χ2n) is 9.81. The third kappa shape index (κ3) is 1.89. The minimum absolute atomic E-state index is 0.0306. The van der Waals surface area contributed by atoms with E-state index in [0.717, 1.165) is 0 Å². The highest BCUT2D eigenvalue weighted by atomic mass is 16.3. The van der Waals surface area contributed by atoms with E-state index in [1.807, 2.05) is 13.8 Å². The molecule has 3 aliphatic carbocycles. The Kier molecular flexibility index (Phi) is 3.80. The Morgan fingerprint density at radius 1 is 1.15 bits per heavy atom. The molecule has 0 aromatic carbocycles. The van der Waals surface area contributed by atoms with Crippen molar-refractivity contribution in [2.75, 3.05) is 0 Å². The van der Waals surface area contributed by atoms with Crippen LogP contribution in [0.25, 0.3) is 0 Å². The van der Waals surface area contributed by atoms with Gasteiger partial charge in [-0.05, 0) is 37.5 Å². The van der Waals surface area contributed by atoms with Gasteiger partial charge in [0.15, 0.2) is 28.7 Å². The van der Waals surface area contributed by atoms with E-state index >= 15 is 0 Å². The lowest BCUT2D eigenvalue weighted by atomic mass is 9.66. The van der Waals surface area contributed by atoms with Crippen molar-refractivity contribution < 1.29 is 29.4 Å². The van der Waals surface area contributed by atoms with Crippen LogP contribution >= 0.6 is 0 Å². The van der Waals surface area contributed by atoms with E-state index in [1.165, 1.54) is 0 Å². The summed E-state index contributed by atoms with van der Waals surface area (Å²) < 4.78 is 0. The lowest BCUT2D eigenvalue weighted by Crippen LogP contribution is -2.52. The Labute approximate surface area is 153 Å². The Bertz CT molecular complexity index is 727. The largest absolute Gasteiger partial charge is 0.390 e. The molecular formula is C20H28O6. The van der Waals surface area contributed by atoms with E-state index in [-0.39, 0.29) is 12.8 Å². The average molecular weight is 364 g/mol. The monoisotopic (exact) mass is 364 g/mol. The molecule has 3 saturated carbocycles. The number of hydrogen-bond donors (Lipinski definition) is 2. The third-order valence-electron chi connectivity index (χ3n) is 7.38. The van der Waals surface area contributed by atoms with E-state index < -0.39 is 68.8 Å². The van der Waals surface area contributed by atoms with Crippen molar-refractivity contribution >= 4 is 23.1 Å².